The first-order valence-corrected chi connectivity index (χ1v) is 6.61. The minimum Gasteiger partial charge on any atom is -0.454 e. The van der Waals surface area contributed by atoms with Gasteiger partial charge in [-0.3, -0.25) is 4.79 Å². The lowest BCUT2D eigenvalue weighted by molar-refractivity contribution is -0.125. The van der Waals surface area contributed by atoms with Gasteiger partial charge in [-0.2, -0.15) is 0 Å². The lowest BCUT2D eigenvalue weighted by Crippen LogP contribution is -2.34. The minimum atomic E-state index is -0.0981. The van der Waals surface area contributed by atoms with Crippen LogP contribution in [0.5, 0.6) is 11.5 Å². The van der Waals surface area contributed by atoms with Gasteiger partial charge < -0.3 is 20.5 Å². The van der Waals surface area contributed by atoms with Crippen molar-refractivity contribution in [3.8, 4) is 11.5 Å². The largest absolute Gasteiger partial charge is 0.454 e. The summed E-state index contributed by atoms with van der Waals surface area (Å²) in [6.07, 6.45) is 1.78. The standard InChI is InChI=1S/C14H20N2O3/c1-2-3-11(7-15)14(17)16-8-10-4-5-12-13(6-10)19-9-18-12/h4-6,11H,2-3,7-9,15H2,1H3,(H,16,17). The maximum absolute atomic E-state index is 11.9. The maximum Gasteiger partial charge on any atom is 0.231 e. The molecule has 1 amide bonds. The van der Waals surface area contributed by atoms with Crippen LogP contribution in [0.3, 0.4) is 0 Å². The highest BCUT2D eigenvalue weighted by Gasteiger charge is 2.16. The predicted octanol–water partition coefficient (Wildman–Crippen LogP) is 1.41. The predicted molar refractivity (Wildman–Crippen MR) is 71.9 cm³/mol. The van der Waals surface area contributed by atoms with E-state index in [2.05, 4.69) is 5.32 Å². The lowest BCUT2D eigenvalue weighted by atomic mass is 10.0. The summed E-state index contributed by atoms with van der Waals surface area (Å²) in [4.78, 5) is 11.9. The number of benzene rings is 1. The van der Waals surface area contributed by atoms with Crippen LogP contribution in [0.4, 0.5) is 0 Å². The number of hydrogen-bond acceptors (Lipinski definition) is 4. The van der Waals surface area contributed by atoms with Crippen molar-refractivity contribution in [2.45, 2.75) is 26.3 Å². The molecule has 1 atom stereocenters. The van der Waals surface area contributed by atoms with Gasteiger partial charge in [-0.15, -0.1) is 0 Å². The molecule has 104 valence electrons. The molecule has 0 aromatic heterocycles. The molecule has 2 rings (SSSR count). The summed E-state index contributed by atoms with van der Waals surface area (Å²) in [7, 11) is 0. The summed E-state index contributed by atoms with van der Waals surface area (Å²) in [6.45, 7) is 3.18. The van der Waals surface area contributed by atoms with Crippen molar-refractivity contribution in [2.75, 3.05) is 13.3 Å². The van der Waals surface area contributed by atoms with E-state index in [0.29, 0.717) is 13.1 Å². The SMILES string of the molecule is CCCC(CN)C(=O)NCc1ccc2c(c1)OCO2. The molecular weight excluding hydrogens is 244 g/mol. The van der Waals surface area contributed by atoms with Gasteiger partial charge in [0.15, 0.2) is 11.5 Å². The third-order valence-electron chi connectivity index (χ3n) is 3.20. The Bertz CT molecular complexity index is 448. The Morgan fingerprint density at radius 2 is 2.21 bits per heavy atom. The summed E-state index contributed by atoms with van der Waals surface area (Å²) < 4.78 is 10.5. The number of nitrogens with one attached hydrogen (secondary N) is 1. The van der Waals surface area contributed by atoms with Gasteiger partial charge >= 0.3 is 0 Å². The van der Waals surface area contributed by atoms with Gasteiger partial charge in [0.05, 0.1) is 5.92 Å². The van der Waals surface area contributed by atoms with Crippen LogP contribution in [0.1, 0.15) is 25.3 Å². The molecule has 1 aliphatic rings. The Labute approximate surface area is 113 Å². The molecule has 1 aromatic carbocycles. The molecule has 0 spiro atoms. The molecule has 1 aromatic rings. The van der Waals surface area contributed by atoms with Crippen LogP contribution in [0, 0.1) is 5.92 Å². The fraction of sp³-hybridized carbons (Fsp3) is 0.500. The van der Waals surface area contributed by atoms with Gasteiger partial charge in [0, 0.05) is 13.1 Å². The zero-order valence-electron chi connectivity index (χ0n) is 11.1. The number of amides is 1. The van der Waals surface area contributed by atoms with Gasteiger partial charge in [0.1, 0.15) is 0 Å². The Hall–Kier alpha value is -1.75. The highest BCUT2D eigenvalue weighted by Crippen LogP contribution is 2.32. The molecule has 0 fully saturated rings. The summed E-state index contributed by atoms with van der Waals surface area (Å²) in [5.41, 5.74) is 6.60. The van der Waals surface area contributed by atoms with Crippen molar-refractivity contribution in [1.82, 2.24) is 5.32 Å². The molecular formula is C14H20N2O3. The van der Waals surface area contributed by atoms with Gasteiger partial charge in [0.2, 0.25) is 12.7 Å². The second-order valence-corrected chi connectivity index (χ2v) is 4.63. The molecule has 1 unspecified atom stereocenters. The first-order valence-electron chi connectivity index (χ1n) is 6.61. The van der Waals surface area contributed by atoms with E-state index < -0.39 is 0 Å². The summed E-state index contributed by atoms with van der Waals surface area (Å²) >= 11 is 0. The Kier molecular flexibility index (Phi) is 4.63. The summed E-state index contributed by atoms with van der Waals surface area (Å²) in [6, 6.07) is 5.67. The molecule has 0 bridgehead atoms. The fourth-order valence-corrected chi connectivity index (χ4v) is 2.09. The topological polar surface area (TPSA) is 73.6 Å². The van der Waals surface area contributed by atoms with Crippen molar-refractivity contribution in [1.29, 1.82) is 0 Å². The Morgan fingerprint density at radius 3 is 2.95 bits per heavy atom. The number of fused-ring (bicyclic) bond motifs is 1. The Balaban J connectivity index is 1.89. The van der Waals surface area contributed by atoms with Crippen molar-refractivity contribution in [3.63, 3.8) is 0 Å². The van der Waals surface area contributed by atoms with Crippen LogP contribution in [-0.4, -0.2) is 19.2 Å². The molecule has 1 aliphatic heterocycles. The lowest BCUT2D eigenvalue weighted by Gasteiger charge is -2.14. The fourth-order valence-electron chi connectivity index (χ4n) is 2.09. The number of ether oxygens (including phenoxy) is 2. The zero-order valence-corrected chi connectivity index (χ0v) is 11.1. The first kappa shape index (κ1) is 13.7. The minimum absolute atomic E-state index is 0.0158. The van der Waals surface area contributed by atoms with Crippen LogP contribution in [0.25, 0.3) is 0 Å². The molecule has 1 heterocycles. The molecule has 5 nitrogen and oxygen atoms in total. The van der Waals surface area contributed by atoms with Crippen molar-refractivity contribution in [3.05, 3.63) is 23.8 Å². The highest BCUT2D eigenvalue weighted by atomic mass is 16.7. The van der Waals surface area contributed by atoms with Gasteiger partial charge in [-0.05, 0) is 24.1 Å². The average Bonchev–Trinajstić information content (AvgIpc) is 2.89. The van der Waals surface area contributed by atoms with E-state index >= 15 is 0 Å². The summed E-state index contributed by atoms with van der Waals surface area (Å²) in [5, 5.41) is 2.91. The van der Waals surface area contributed by atoms with Crippen LogP contribution in [-0.2, 0) is 11.3 Å². The second-order valence-electron chi connectivity index (χ2n) is 4.63. The number of rotatable bonds is 6. The normalized spacial score (nSPS) is 14.2. The number of hydrogen-bond donors (Lipinski definition) is 2. The number of carbonyl (C=O) groups excluding carboxylic acids is 1. The van der Waals surface area contributed by atoms with Crippen molar-refractivity contribution in [2.24, 2.45) is 11.7 Å². The van der Waals surface area contributed by atoms with Crippen LogP contribution < -0.4 is 20.5 Å². The Morgan fingerprint density at radius 1 is 1.42 bits per heavy atom. The average molecular weight is 264 g/mol. The number of carbonyl (C=O) groups is 1. The van der Waals surface area contributed by atoms with Crippen LogP contribution in [0.2, 0.25) is 0 Å². The molecule has 19 heavy (non-hydrogen) atoms. The highest BCUT2D eigenvalue weighted by molar-refractivity contribution is 5.78. The van der Waals surface area contributed by atoms with E-state index in [9.17, 15) is 4.79 Å². The number of nitrogens with two attached hydrogens (primary N) is 1. The smallest absolute Gasteiger partial charge is 0.231 e. The molecule has 3 N–H and O–H groups in total. The van der Waals surface area contributed by atoms with Crippen molar-refractivity contribution >= 4 is 5.91 Å². The van der Waals surface area contributed by atoms with Gasteiger partial charge in [-0.25, -0.2) is 0 Å². The molecule has 5 heteroatoms. The van der Waals surface area contributed by atoms with Crippen molar-refractivity contribution < 1.29 is 14.3 Å². The third-order valence-corrected chi connectivity index (χ3v) is 3.20. The monoisotopic (exact) mass is 264 g/mol. The van der Waals surface area contributed by atoms with E-state index in [-0.39, 0.29) is 18.6 Å². The molecule has 0 aliphatic carbocycles. The quantitative estimate of drug-likeness (QED) is 0.814. The first-order chi connectivity index (χ1) is 9.24. The third kappa shape index (κ3) is 3.38. The summed E-state index contributed by atoms with van der Waals surface area (Å²) in [5.74, 6) is 1.40. The maximum atomic E-state index is 11.9. The van der Waals surface area contributed by atoms with E-state index in [1.54, 1.807) is 0 Å². The van der Waals surface area contributed by atoms with E-state index in [4.69, 9.17) is 15.2 Å². The molecule has 0 saturated heterocycles. The van der Waals surface area contributed by atoms with Gasteiger partial charge in [-0.1, -0.05) is 19.4 Å². The van der Waals surface area contributed by atoms with E-state index in [1.165, 1.54) is 0 Å². The zero-order chi connectivity index (χ0) is 13.7. The second kappa shape index (κ2) is 6.43. The van der Waals surface area contributed by atoms with Crippen LogP contribution in [0.15, 0.2) is 18.2 Å². The molecule has 0 saturated carbocycles. The van der Waals surface area contributed by atoms with Crippen LogP contribution >= 0.6 is 0 Å². The van der Waals surface area contributed by atoms with Gasteiger partial charge in [0.25, 0.3) is 0 Å². The molecule has 0 radical (unpaired) electrons. The van der Waals surface area contributed by atoms with E-state index in [0.717, 1.165) is 29.9 Å². The van der Waals surface area contributed by atoms with E-state index in [1.807, 2.05) is 25.1 Å².